The van der Waals surface area contributed by atoms with Gasteiger partial charge in [0.05, 0.1) is 17.1 Å². The van der Waals surface area contributed by atoms with Gasteiger partial charge in [-0.25, -0.2) is 8.42 Å². The Morgan fingerprint density at radius 3 is 1.97 bits per heavy atom. The summed E-state index contributed by atoms with van der Waals surface area (Å²) < 4.78 is 33.7. The molecule has 0 spiro atoms. The number of ether oxygens (including phenoxy) is 1. The molecule has 0 fully saturated rings. The van der Waals surface area contributed by atoms with E-state index in [0.717, 1.165) is 32.3 Å². The van der Waals surface area contributed by atoms with Crippen molar-refractivity contribution in [3.8, 4) is 5.75 Å². The van der Waals surface area contributed by atoms with Gasteiger partial charge in [-0.05, 0) is 86.3 Å². The molecule has 0 saturated heterocycles. The topological polar surface area (TPSA) is 75.7 Å². The maximum atomic E-state index is 13.4. The molecule has 0 bridgehead atoms. The van der Waals surface area contributed by atoms with Crippen LogP contribution in [-0.4, -0.2) is 34.0 Å². The third kappa shape index (κ3) is 6.58. The van der Waals surface area contributed by atoms with Crippen LogP contribution in [0.1, 0.15) is 22.3 Å². The lowest BCUT2D eigenvalue weighted by molar-refractivity contribution is -0.119. The van der Waals surface area contributed by atoms with Gasteiger partial charge in [0.2, 0.25) is 5.91 Å². The van der Waals surface area contributed by atoms with E-state index in [2.05, 4.69) is 11.4 Å². The van der Waals surface area contributed by atoms with Gasteiger partial charge in [0, 0.05) is 0 Å². The van der Waals surface area contributed by atoms with E-state index in [1.807, 2.05) is 45.9 Å². The van der Waals surface area contributed by atoms with Crippen molar-refractivity contribution in [2.45, 2.75) is 32.6 Å². The van der Waals surface area contributed by atoms with Gasteiger partial charge in [-0.3, -0.25) is 9.10 Å². The predicted octanol–water partition coefficient (Wildman–Crippen LogP) is 4.31. The number of anilines is 1. The van der Waals surface area contributed by atoms with E-state index >= 15 is 0 Å². The van der Waals surface area contributed by atoms with E-state index < -0.39 is 15.9 Å². The summed E-state index contributed by atoms with van der Waals surface area (Å²) in [5, 5.41) is 2.77. The Kier molecular flexibility index (Phi) is 7.76. The fourth-order valence-electron chi connectivity index (χ4n) is 3.69. The Hall–Kier alpha value is -3.32. The van der Waals surface area contributed by atoms with Crippen LogP contribution in [0, 0.1) is 27.7 Å². The molecule has 1 amide bonds. The molecular weight excluding hydrogens is 436 g/mol. The summed E-state index contributed by atoms with van der Waals surface area (Å²) in [5.41, 5.74) is 4.49. The number of sulfonamides is 1. The van der Waals surface area contributed by atoms with Crippen molar-refractivity contribution in [2.24, 2.45) is 0 Å². The number of hydrogen-bond donors (Lipinski definition) is 1. The minimum absolute atomic E-state index is 0.134. The fourth-order valence-corrected chi connectivity index (χ4v) is 5.12. The second kappa shape index (κ2) is 10.5. The molecule has 7 heteroatoms. The Balaban J connectivity index is 1.72. The van der Waals surface area contributed by atoms with E-state index in [-0.39, 0.29) is 24.6 Å². The van der Waals surface area contributed by atoms with Crippen LogP contribution in [0.2, 0.25) is 0 Å². The number of nitrogens with zero attached hydrogens (tertiary/aromatic N) is 1. The zero-order valence-corrected chi connectivity index (χ0v) is 20.3. The minimum atomic E-state index is -3.92. The molecule has 3 aromatic rings. The number of rotatable bonds is 9. The van der Waals surface area contributed by atoms with Gasteiger partial charge in [-0.1, -0.05) is 30.3 Å². The highest BCUT2D eigenvalue weighted by molar-refractivity contribution is 7.92. The highest BCUT2D eigenvalue weighted by Crippen LogP contribution is 2.25. The number of aryl methyl sites for hydroxylation is 4. The van der Waals surface area contributed by atoms with Crippen LogP contribution in [0.5, 0.6) is 5.75 Å². The number of hydrogen-bond acceptors (Lipinski definition) is 4. The SMILES string of the molecule is Cc1cc(C)cc(OCCNC(=O)CN(c2cc(C)cc(C)c2)S(=O)(=O)c2ccccc2)c1. The zero-order chi connectivity index (χ0) is 24.0. The standard InChI is InChI=1S/C26H30N2O4S/c1-19-12-20(2)15-23(14-19)28(33(30,31)25-8-6-5-7-9-25)18-26(29)27-10-11-32-24-16-21(3)13-22(4)17-24/h5-9,12-17H,10-11,18H2,1-4H3,(H,27,29). The van der Waals surface area contributed by atoms with Crippen LogP contribution >= 0.6 is 0 Å². The first-order valence-electron chi connectivity index (χ1n) is 10.8. The summed E-state index contributed by atoms with van der Waals surface area (Å²) in [6, 6.07) is 19.6. The number of benzene rings is 3. The first-order valence-corrected chi connectivity index (χ1v) is 12.2. The molecule has 0 saturated carbocycles. The highest BCUT2D eigenvalue weighted by Gasteiger charge is 2.27. The lowest BCUT2D eigenvalue weighted by Crippen LogP contribution is -2.42. The lowest BCUT2D eigenvalue weighted by atomic mass is 10.1. The van der Waals surface area contributed by atoms with Gasteiger partial charge in [0.25, 0.3) is 10.0 Å². The van der Waals surface area contributed by atoms with E-state index in [4.69, 9.17) is 4.74 Å². The first-order chi connectivity index (χ1) is 15.6. The average molecular weight is 467 g/mol. The minimum Gasteiger partial charge on any atom is -0.492 e. The fraction of sp³-hybridized carbons (Fsp3) is 0.269. The normalized spacial score (nSPS) is 11.2. The number of carbonyl (C=O) groups is 1. The van der Waals surface area contributed by atoms with Gasteiger partial charge in [-0.15, -0.1) is 0 Å². The molecule has 3 rings (SSSR count). The molecule has 0 aliphatic heterocycles. The van der Waals surface area contributed by atoms with Gasteiger partial charge in [0.15, 0.2) is 0 Å². The third-order valence-corrected chi connectivity index (χ3v) is 6.79. The van der Waals surface area contributed by atoms with Crippen molar-refractivity contribution < 1.29 is 17.9 Å². The van der Waals surface area contributed by atoms with Crippen molar-refractivity contribution in [3.63, 3.8) is 0 Å². The molecule has 0 aliphatic rings. The van der Waals surface area contributed by atoms with Crippen LogP contribution in [0.15, 0.2) is 71.6 Å². The molecule has 33 heavy (non-hydrogen) atoms. The molecule has 6 nitrogen and oxygen atoms in total. The van der Waals surface area contributed by atoms with E-state index in [0.29, 0.717) is 5.69 Å². The summed E-state index contributed by atoms with van der Waals surface area (Å²) in [6.07, 6.45) is 0. The number of nitrogens with one attached hydrogen (secondary N) is 1. The van der Waals surface area contributed by atoms with Crippen molar-refractivity contribution in [3.05, 3.63) is 89.0 Å². The quantitative estimate of drug-likeness (QED) is 0.477. The molecule has 1 N–H and O–H groups in total. The van der Waals surface area contributed by atoms with Gasteiger partial charge >= 0.3 is 0 Å². The summed E-state index contributed by atoms with van der Waals surface area (Å²) >= 11 is 0. The molecule has 0 aromatic heterocycles. The Bertz CT molecular complexity index is 1180. The van der Waals surface area contributed by atoms with E-state index in [9.17, 15) is 13.2 Å². The molecule has 0 atom stereocenters. The van der Waals surface area contributed by atoms with E-state index in [1.165, 1.54) is 12.1 Å². The van der Waals surface area contributed by atoms with Gasteiger partial charge in [-0.2, -0.15) is 0 Å². The van der Waals surface area contributed by atoms with Crippen LogP contribution in [0.4, 0.5) is 5.69 Å². The maximum Gasteiger partial charge on any atom is 0.264 e. The van der Waals surface area contributed by atoms with Crippen molar-refractivity contribution in [1.82, 2.24) is 5.32 Å². The monoisotopic (exact) mass is 466 g/mol. The maximum absolute atomic E-state index is 13.4. The van der Waals surface area contributed by atoms with Crippen LogP contribution < -0.4 is 14.4 Å². The van der Waals surface area contributed by atoms with Crippen molar-refractivity contribution in [1.29, 1.82) is 0 Å². The third-order valence-electron chi connectivity index (χ3n) is 5.00. The van der Waals surface area contributed by atoms with Crippen molar-refractivity contribution >= 4 is 21.6 Å². The summed E-state index contributed by atoms with van der Waals surface area (Å²) in [6.45, 7) is 8.00. The molecule has 3 aromatic carbocycles. The number of carbonyl (C=O) groups excluding carboxylic acids is 1. The smallest absolute Gasteiger partial charge is 0.264 e. The summed E-state index contributed by atoms with van der Waals surface area (Å²) in [7, 11) is -3.92. The Labute approximate surface area is 196 Å². The average Bonchev–Trinajstić information content (AvgIpc) is 2.74. The number of amides is 1. The van der Waals surface area contributed by atoms with E-state index in [1.54, 1.807) is 30.3 Å². The second-order valence-electron chi connectivity index (χ2n) is 8.19. The van der Waals surface area contributed by atoms with Crippen LogP contribution in [0.3, 0.4) is 0 Å². The largest absolute Gasteiger partial charge is 0.492 e. The highest BCUT2D eigenvalue weighted by atomic mass is 32.2. The predicted molar refractivity (Wildman–Crippen MR) is 131 cm³/mol. The summed E-state index contributed by atoms with van der Waals surface area (Å²) in [4.78, 5) is 12.9. The molecule has 0 aliphatic carbocycles. The summed E-state index contributed by atoms with van der Waals surface area (Å²) in [5.74, 6) is 0.336. The molecular formula is C26H30N2O4S. The van der Waals surface area contributed by atoms with Crippen LogP contribution in [0.25, 0.3) is 0 Å². The molecule has 174 valence electrons. The van der Waals surface area contributed by atoms with Crippen molar-refractivity contribution in [2.75, 3.05) is 24.0 Å². The molecule has 0 unspecified atom stereocenters. The van der Waals surface area contributed by atoms with Gasteiger partial charge in [0.1, 0.15) is 18.9 Å². The molecule has 0 radical (unpaired) electrons. The molecule has 0 heterocycles. The zero-order valence-electron chi connectivity index (χ0n) is 19.5. The Morgan fingerprint density at radius 1 is 0.848 bits per heavy atom. The Morgan fingerprint density at radius 2 is 1.39 bits per heavy atom. The van der Waals surface area contributed by atoms with Crippen LogP contribution in [-0.2, 0) is 14.8 Å². The first kappa shape index (κ1) is 24.3. The lowest BCUT2D eigenvalue weighted by Gasteiger charge is -2.25. The van der Waals surface area contributed by atoms with Gasteiger partial charge < -0.3 is 10.1 Å². The second-order valence-corrected chi connectivity index (χ2v) is 10.1.